The van der Waals surface area contributed by atoms with Gasteiger partial charge in [0.2, 0.25) is 0 Å². The van der Waals surface area contributed by atoms with Crippen LogP contribution in [0.2, 0.25) is 0 Å². The molecule has 0 aromatic rings. The van der Waals surface area contributed by atoms with Crippen LogP contribution in [0.15, 0.2) is 11.8 Å². The van der Waals surface area contributed by atoms with E-state index in [-0.39, 0.29) is 0 Å². The zero-order valence-corrected chi connectivity index (χ0v) is 5.48. The molecular formula is C7H12O. The summed E-state index contributed by atoms with van der Waals surface area (Å²) >= 11 is 0. The highest BCUT2D eigenvalue weighted by Gasteiger charge is 2.05. The minimum absolute atomic E-state index is 0.721. The lowest BCUT2D eigenvalue weighted by Gasteiger charge is -2.16. The third kappa shape index (κ3) is 1.25. The summed E-state index contributed by atoms with van der Waals surface area (Å²) in [5, 5.41) is 0. The Bertz CT molecular complexity index is 105. The van der Waals surface area contributed by atoms with Gasteiger partial charge in [0.25, 0.3) is 0 Å². The molecule has 0 unspecified atom stereocenters. The van der Waals surface area contributed by atoms with E-state index in [0.717, 1.165) is 18.3 Å². The normalized spacial score (nSPS) is 28.8. The predicted octanol–water partition coefficient (Wildman–Crippen LogP) is 1.95. The second kappa shape index (κ2) is 2.21. The third-order valence-electron chi connectivity index (χ3n) is 1.40. The molecule has 0 amide bonds. The van der Waals surface area contributed by atoms with E-state index >= 15 is 0 Å². The van der Waals surface area contributed by atoms with Crippen molar-refractivity contribution in [1.29, 1.82) is 0 Å². The molecule has 0 spiro atoms. The Morgan fingerprint density at radius 1 is 1.75 bits per heavy atom. The van der Waals surface area contributed by atoms with Crippen LogP contribution in [0.3, 0.4) is 0 Å². The monoisotopic (exact) mass is 112 g/mol. The summed E-state index contributed by atoms with van der Waals surface area (Å²) in [4.78, 5) is 0. The fourth-order valence-corrected chi connectivity index (χ4v) is 0.768. The van der Waals surface area contributed by atoms with Crippen molar-refractivity contribution in [3.05, 3.63) is 11.8 Å². The molecule has 1 heterocycles. The van der Waals surface area contributed by atoms with E-state index < -0.39 is 0 Å². The zero-order valence-electron chi connectivity index (χ0n) is 5.48. The Morgan fingerprint density at radius 2 is 2.50 bits per heavy atom. The van der Waals surface area contributed by atoms with Crippen molar-refractivity contribution >= 4 is 0 Å². The quantitative estimate of drug-likeness (QED) is 0.465. The molecule has 0 saturated carbocycles. The smallest absolute Gasteiger partial charge is 0.0905 e. The first-order chi connectivity index (χ1) is 3.79. The van der Waals surface area contributed by atoms with E-state index in [4.69, 9.17) is 4.74 Å². The summed E-state index contributed by atoms with van der Waals surface area (Å²) in [6.07, 6.45) is 3.33. The predicted molar refractivity (Wildman–Crippen MR) is 33.5 cm³/mol. The van der Waals surface area contributed by atoms with Gasteiger partial charge in [-0.3, -0.25) is 0 Å². The van der Waals surface area contributed by atoms with Crippen LogP contribution in [-0.2, 0) is 4.74 Å². The van der Waals surface area contributed by atoms with Gasteiger partial charge >= 0.3 is 0 Å². The standard InChI is InChI=1S/C7H12O/c1-6-3-4-7(2)8-5-6/h4,6H,3,5H2,1-2H3/t6-/m1/s1. The van der Waals surface area contributed by atoms with Crippen molar-refractivity contribution in [2.75, 3.05) is 6.61 Å². The summed E-state index contributed by atoms with van der Waals surface area (Å²) in [6.45, 7) is 5.11. The number of hydrogen-bond donors (Lipinski definition) is 0. The van der Waals surface area contributed by atoms with Crippen LogP contribution in [0.25, 0.3) is 0 Å². The molecule has 1 atom stereocenters. The second-order valence-corrected chi connectivity index (χ2v) is 2.47. The van der Waals surface area contributed by atoms with Gasteiger partial charge in [-0.05, 0) is 25.3 Å². The lowest BCUT2D eigenvalue weighted by atomic mass is 10.1. The maximum atomic E-state index is 5.25. The Kier molecular flexibility index (Phi) is 1.56. The highest BCUT2D eigenvalue weighted by molar-refractivity contribution is 4.92. The second-order valence-electron chi connectivity index (χ2n) is 2.47. The molecule has 1 heteroatoms. The maximum absolute atomic E-state index is 5.25. The lowest BCUT2D eigenvalue weighted by molar-refractivity contribution is 0.156. The molecular weight excluding hydrogens is 100 g/mol. The summed E-state index contributed by atoms with van der Waals surface area (Å²) in [5.41, 5.74) is 0. The Hall–Kier alpha value is -0.460. The van der Waals surface area contributed by atoms with Crippen LogP contribution < -0.4 is 0 Å². The van der Waals surface area contributed by atoms with Gasteiger partial charge in [0, 0.05) is 0 Å². The summed E-state index contributed by atoms with van der Waals surface area (Å²) < 4.78 is 5.25. The summed E-state index contributed by atoms with van der Waals surface area (Å²) in [5.74, 6) is 1.81. The molecule has 1 rings (SSSR count). The van der Waals surface area contributed by atoms with Gasteiger partial charge < -0.3 is 4.74 Å². The van der Waals surface area contributed by atoms with E-state index in [1.165, 1.54) is 6.42 Å². The van der Waals surface area contributed by atoms with E-state index in [1.807, 2.05) is 6.92 Å². The van der Waals surface area contributed by atoms with Crippen molar-refractivity contribution in [3.8, 4) is 0 Å². The number of ether oxygens (including phenoxy) is 1. The third-order valence-corrected chi connectivity index (χ3v) is 1.40. The molecule has 0 aliphatic carbocycles. The van der Waals surface area contributed by atoms with Gasteiger partial charge in [-0.1, -0.05) is 6.92 Å². The molecule has 0 radical (unpaired) electrons. The molecule has 1 aliphatic rings. The zero-order chi connectivity index (χ0) is 5.98. The summed E-state index contributed by atoms with van der Waals surface area (Å²) in [7, 11) is 0. The highest BCUT2D eigenvalue weighted by Crippen LogP contribution is 2.13. The fraction of sp³-hybridized carbons (Fsp3) is 0.714. The van der Waals surface area contributed by atoms with Crippen LogP contribution in [0, 0.1) is 5.92 Å². The molecule has 0 aromatic heterocycles. The molecule has 0 N–H and O–H groups in total. The van der Waals surface area contributed by atoms with Gasteiger partial charge in [0.05, 0.1) is 12.4 Å². The molecule has 1 aliphatic heterocycles. The van der Waals surface area contributed by atoms with Crippen LogP contribution in [0.4, 0.5) is 0 Å². The largest absolute Gasteiger partial charge is 0.498 e. The van der Waals surface area contributed by atoms with Crippen molar-refractivity contribution in [2.45, 2.75) is 20.3 Å². The molecule has 46 valence electrons. The van der Waals surface area contributed by atoms with Crippen molar-refractivity contribution in [3.63, 3.8) is 0 Å². The lowest BCUT2D eigenvalue weighted by Crippen LogP contribution is -2.08. The SMILES string of the molecule is CC1=CC[C@@H](C)CO1. The van der Waals surface area contributed by atoms with Gasteiger partial charge in [0.15, 0.2) is 0 Å². The Labute approximate surface area is 50.3 Å². The molecule has 0 bridgehead atoms. The number of rotatable bonds is 0. The number of allylic oxidation sites excluding steroid dienone is 2. The van der Waals surface area contributed by atoms with Crippen molar-refractivity contribution in [2.24, 2.45) is 5.92 Å². The van der Waals surface area contributed by atoms with Crippen LogP contribution >= 0.6 is 0 Å². The highest BCUT2D eigenvalue weighted by atomic mass is 16.5. The van der Waals surface area contributed by atoms with Crippen LogP contribution in [0.1, 0.15) is 20.3 Å². The van der Waals surface area contributed by atoms with E-state index in [9.17, 15) is 0 Å². The van der Waals surface area contributed by atoms with Crippen LogP contribution in [0.5, 0.6) is 0 Å². The first kappa shape index (κ1) is 5.67. The maximum Gasteiger partial charge on any atom is 0.0905 e. The molecule has 1 nitrogen and oxygen atoms in total. The topological polar surface area (TPSA) is 9.23 Å². The molecule has 0 aromatic carbocycles. The van der Waals surface area contributed by atoms with E-state index in [1.54, 1.807) is 0 Å². The molecule has 0 saturated heterocycles. The Morgan fingerprint density at radius 3 is 2.88 bits per heavy atom. The Balaban J connectivity index is 2.42. The van der Waals surface area contributed by atoms with Gasteiger partial charge in [-0.15, -0.1) is 0 Å². The summed E-state index contributed by atoms with van der Waals surface area (Å²) in [6, 6.07) is 0. The minimum Gasteiger partial charge on any atom is -0.498 e. The minimum atomic E-state index is 0.721. The van der Waals surface area contributed by atoms with E-state index in [0.29, 0.717) is 0 Å². The first-order valence-electron chi connectivity index (χ1n) is 3.08. The van der Waals surface area contributed by atoms with Gasteiger partial charge in [-0.2, -0.15) is 0 Å². The van der Waals surface area contributed by atoms with Gasteiger partial charge in [-0.25, -0.2) is 0 Å². The van der Waals surface area contributed by atoms with E-state index in [2.05, 4.69) is 13.0 Å². The fourth-order valence-electron chi connectivity index (χ4n) is 0.768. The molecule has 0 fully saturated rings. The van der Waals surface area contributed by atoms with Gasteiger partial charge in [0.1, 0.15) is 0 Å². The van der Waals surface area contributed by atoms with Crippen molar-refractivity contribution < 1.29 is 4.74 Å². The first-order valence-corrected chi connectivity index (χ1v) is 3.08. The average molecular weight is 112 g/mol. The van der Waals surface area contributed by atoms with Crippen LogP contribution in [-0.4, -0.2) is 6.61 Å². The van der Waals surface area contributed by atoms with Crippen molar-refractivity contribution in [1.82, 2.24) is 0 Å². The average Bonchev–Trinajstić information content (AvgIpc) is 1.77. The molecule has 8 heavy (non-hydrogen) atoms. The number of hydrogen-bond acceptors (Lipinski definition) is 1.